The summed E-state index contributed by atoms with van der Waals surface area (Å²) in [5.74, 6) is 0. The molecule has 0 N–H and O–H groups in total. The largest absolute Gasteiger partial charge is 0.297 e. The standard InChI is InChI=1S/C12H15ClN2S/c1-12(3-2-9(13)6-12)7-10-8-15-4-5-16-11(15)14-10/h4-5,8-9H,2-3,6-7H2,1H3. The smallest absolute Gasteiger partial charge is 0.193 e. The van der Waals surface area contributed by atoms with E-state index in [4.69, 9.17) is 11.6 Å². The Morgan fingerprint density at radius 3 is 3.25 bits per heavy atom. The van der Waals surface area contributed by atoms with Crippen LogP contribution in [-0.2, 0) is 6.42 Å². The van der Waals surface area contributed by atoms with Gasteiger partial charge in [-0.25, -0.2) is 4.98 Å². The van der Waals surface area contributed by atoms with Crippen LogP contribution >= 0.6 is 22.9 Å². The van der Waals surface area contributed by atoms with Crippen LogP contribution in [0.2, 0.25) is 0 Å². The number of hydrogen-bond acceptors (Lipinski definition) is 2. The van der Waals surface area contributed by atoms with Crippen molar-refractivity contribution in [1.29, 1.82) is 0 Å². The summed E-state index contributed by atoms with van der Waals surface area (Å²) in [7, 11) is 0. The molecule has 0 spiro atoms. The zero-order valence-corrected chi connectivity index (χ0v) is 10.9. The van der Waals surface area contributed by atoms with Gasteiger partial charge in [-0.1, -0.05) is 6.92 Å². The van der Waals surface area contributed by atoms with Crippen molar-refractivity contribution in [2.45, 2.75) is 38.0 Å². The van der Waals surface area contributed by atoms with Crippen molar-refractivity contribution in [3.8, 4) is 0 Å². The molecule has 0 amide bonds. The molecule has 2 unspecified atom stereocenters. The molecule has 2 nitrogen and oxygen atoms in total. The molecule has 0 aromatic carbocycles. The van der Waals surface area contributed by atoms with Crippen LogP contribution in [0.15, 0.2) is 17.8 Å². The van der Waals surface area contributed by atoms with Crippen LogP contribution in [0.4, 0.5) is 0 Å². The Bertz CT molecular complexity index is 475. The minimum atomic E-state index is 0.358. The SMILES string of the molecule is CC1(Cc2cn3ccsc3n2)CCC(Cl)C1. The van der Waals surface area contributed by atoms with Crippen molar-refractivity contribution in [2.75, 3.05) is 0 Å². The van der Waals surface area contributed by atoms with Gasteiger partial charge in [-0.15, -0.1) is 22.9 Å². The summed E-state index contributed by atoms with van der Waals surface area (Å²) in [6.45, 7) is 2.34. The first-order chi connectivity index (χ1) is 7.65. The molecule has 16 heavy (non-hydrogen) atoms. The number of aromatic nitrogens is 2. The van der Waals surface area contributed by atoms with Crippen molar-refractivity contribution in [1.82, 2.24) is 9.38 Å². The highest BCUT2D eigenvalue weighted by molar-refractivity contribution is 7.15. The van der Waals surface area contributed by atoms with E-state index in [0.717, 1.165) is 24.2 Å². The number of alkyl halides is 1. The second kappa shape index (κ2) is 3.74. The van der Waals surface area contributed by atoms with Gasteiger partial charge in [0.25, 0.3) is 0 Å². The second-order valence-electron chi connectivity index (χ2n) is 5.15. The molecule has 1 aliphatic carbocycles. The van der Waals surface area contributed by atoms with E-state index in [2.05, 4.69) is 34.1 Å². The first-order valence-electron chi connectivity index (χ1n) is 5.70. The predicted octanol–water partition coefficient (Wildman–Crippen LogP) is 3.74. The lowest BCUT2D eigenvalue weighted by Gasteiger charge is -2.21. The summed E-state index contributed by atoms with van der Waals surface area (Å²) in [5, 5.41) is 2.44. The maximum Gasteiger partial charge on any atom is 0.193 e. The van der Waals surface area contributed by atoms with Gasteiger partial charge in [0.1, 0.15) is 0 Å². The van der Waals surface area contributed by atoms with Crippen molar-refractivity contribution in [3.63, 3.8) is 0 Å². The van der Waals surface area contributed by atoms with Crippen LogP contribution in [0.5, 0.6) is 0 Å². The normalized spacial score (nSPS) is 30.2. The van der Waals surface area contributed by atoms with Gasteiger partial charge in [0.15, 0.2) is 4.96 Å². The number of fused-ring (bicyclic) bond motifs is 1. The Morgan fingerprint density at radius 2 is 2.56 bits per heavy atom. The molecule has 1 saturated carbocycles. The minimum Gasteiger partial charge on any atom is -0.297 e. The monoisotopic (exact) mass is 254 g/mol. The van der Waals surface area contributed by atoms with Gasteiger partial charge in [0.05, 0.1) is 5.69 Å². The third kappa shape index (κ3) is 1.87. The number of nitrogens with zero attached hydrogens (tertiary/aromatic N) is 2. The molecule has 1 fully saturated rings. The van der Waals surface area contributed by atoms with E-state index in [1.807, 2.05) is 0 Å². The fraction of sp³-hybridized carbons (Fsp3) is 0.583. The summed E-state index contributed by atoms with van der Waals surface area (Å²) in [4.78, 5) is 5.74. The van der Waals surface area contributed by atoms with E-state index >= 15 is 0 Å². The van der Waals surface area contributed by atoms with E-state index in [1.165, 1.54) is 12.1 Å². The lowest BCUT2D eigenvalue weighted by atomic mass is 9.84. The Balaban J connectivity index is 1.82. The van der Waals surface area contributed by atoms with Crippen LogP contribution in [-0.4, -0.2) is 14.8 Å². The van der Waals surface area contributed by atoms with E-state index < -0.39 is 0 Å². The zero-order chi connectivity index (χ0) is 11.2. The van der Waals surface area contributed by atoms with Gasteiger partial charge in [-0.2, -0.15) is 0 Å². The molecule has 3 rings (SSSR count). The Morgan fingerprint density at radius 1 is 1.69 bits per heavy atom. The van der Waals surface area contributed by atoms with Crippen LogP contribution in [0.1, 0.15) is 31.9 Å². The highest BCUT2D eigenvalue weighted by Gasteiger charge is 2.34. The van der Waals surface area contributed by atoms with E-state index in [1.54, 1.807) is 11.3 Å². The number of thiazole rings is 1. The number of halogens is 1. The molecular formula is C12H15ClN2S. The summed E-state index contributed by atoms with van der Waals surface area (Å²) in [6, 6.07) is 0. The van der Waals surface area contributed by atoms with Gasteiger partial charge >= 0.3 is 0 Å². The molecule has 2 aromatic heterocycles. The van der Waals surface area contributed by atoms with Crippen LogP contribution in [0, 0.1) is 5.41 Å². The second-order valence-corrected chi connectivity index (χ2v) is 6.64. The van der Waals surface area contributed by atoms with Crippen molar-refractivity contribution >= 4 is 27.9 Å². The molecule has 0 aliphatic heterocycles. The summed E-state index contributed by atoms with van der Waals surface area (Å²) < 4.78 is 2.11. The maximum atomic E-state index is 6.20. The first-order valence-corrected chi connectivity index (χ1v) is 7.01. The summed E-state index contributed by atoms with van der Waals surface area (Å²) in [5.41, 5.74) is 1.57. The van der Waals surface area contributed by atoms with E-state index in [9.17, 15) is 0 Å². The minimum absolute atomic E-state index is 0.358. The fourth-order valence-corrected chi connectivity index (χ4v) is 3.90. The lowest BCUT2D eigenvalue weighted by molar-refractivity contribution is 0.332. The van der Waals surface area contributed by atoms with Gasteiger partial charge in [0, 0.05) is 23.2 Å². The van der Waals surface area contributed by atoms with Crippen molar-refractivity contribution in [2.24, 2.45) is 5.41 Å². The van der Waals surface area contributed by atoms with Gasteiger partial charge < -0.3 is 0 Å². The van der Waals surface area contributed by atoms with Crippen molar-refractivity contribution in [3.05, 3.63) is 23.5 Å². The van der Waals surface area contributed by atoms with Gasteiger partial charge in [-0.3, -0.25) is 4.40 Å². The van der Waals surface area contributed by atoms with Gasteiger partial charge in [-0.05, 0) is 31.1 Å². The van der Waals surface area contributed by atoms with Crippen LogP contribution in [0.25, 0.3) is 4.96 Å². The first kappa shape index (κ1) is 10.6. The molecule has 0 radical (unpaired) electrons. The van der Waals surface area contributed by atoms with Crippen molar-refractivity contribution < 1.29 is 0 Å². The highest BCUT2D eigenvalue weighted by atomic mass is 35.5. The molecule has 4 heteroatoms. The summed E-state index contributed by atoms with van der Waals surface area (Å²) in [6.07, 6.45) is 8.79. The molecule has 0 bridgehead atoms. The fourth-order valence-electron chi connectivity index (χ4n) is 2.70. The Hall–Kier alpha value is -0.540. The van der Waals surface area contributed by atoms with E-state index in [-0.39, 0.29) is 0 Å². The quantitative estimate of drug-likeness (QED) is 0.747. The molecular weight excluding hydrogens is 240 g/mol. The Kier molecular flexibility index (Phi) is 2.48. The Labute approximate surface area is 104 Å². The average molecular weight is 255 g/mol. The third-order valence-corrected chi connectivity index (χ3v) is 4.67. The number of hydrogen-bond donors (Lipinski definition) is 0. The number of rotatable bonds is 2. The zero-order valence-electron chi connectivity index (χ0n) is 9.32. The predicted molar refractivity (Wildman–Crippen MR) is 68.4 cm³/mol. The third-order valence-electron chi connectivity index (χ3n) is 3.53. The van der Waals surface area contributed by atoms with Crippen LogP contribution < -0.4 is 0 Å². The molecule has 86 valence electrons. The lowest BCUT2D eigenvalue weighted by Crippen LogP contribution is -2.15. The molecule has 1 aliphatic rings. The molecule has 0 saturated heterocycles. The molecule has 2 aromatic rings. The van der Waals surface area contributed by atoms with E-state index in [0.29, 0.717) is 10.8 Å². The molecule has 2 atom stereocenters. The highest BCUT2D eigenvalue weighted by Crippen LogP contribution is 2.42. The van der Waals surface area contributed by atoms with Crippen LogP contribution in [0.3, 0.4) is 0 Å². The maximum absolute atomic E-state index is 6.20. The topological polar surface area (TPSA) is 17.3 Å². The van der Waals surface area contributed by atoms with Gasteiger partial charge in [0.2, 0.25) is 0 Å². The molecule has 2 heterocycles. The summed E-state index contributed by atoms with van der Waals surface area (Å²) >= 11 is 7.89. The average Bonchev–Trinajstić information content (AvgIpc) is 2.81. The number of imidazole rings is 1.